The summed E-state index contributed by atoms with van der Waals surface area (Å²) >= 11 is 1.17. The molecule has 9 heteroatoms. The third kappa shape index (κ3) is 4.76. The summed E-state index contributed by atoms with van der Waals surface area (Å²) in [5.41, 5.74) is 3.84. The van der Waals surface area contributed by atoms with Crippen molar-refractivity contribution >= 4 is 45.4 Å². The first-order chi connectivity index (χ1) is 12.8. The zero-order chi connectivity index (χ0) is 19.4. The molecule has 0 atom stereocenters. The van der Waals surface area contributed by atoms with E-state index in [1.54, 1.807) is 6.21 Å². The van der Waals surface area contributed by atoms with Crippen LogP contribution in [0.15, 0.2) is 35.6 Å². The molecule has 0 aliphatic rings. The average molecular weight is 384 g/mol. The Balaban J connectivity index is 1.54. The van der Waals surface area contributed by atoms with E-state index in [1.165, 1.54) is 11.3 Å². The van der Waals surface area contributed by atoms with Crippen LogP contribution < -0.4 is 10.7 Å². The van der Waals surface area contributed by atoms with Gasteiger partial charge in [-0.3, -0.25) is 9.59 Å². The number of carbonyl (C=O) groups is 2. The van der Waals surface area contributed by atoms with E-state index in [0.29, 0.717) is 10.1 Å². The number of aromatic amines is 1. The summed E-state index contributed by atoms with van der Waals surface area (Å²) in [4.78, 5) is 27.1. The topological polar surface area (TPSA) is 112 Å². The molecule has 3 rings (SSSR count). The van der Waals surface area contributed by atoms with Gasteiger partial charge in [-0.2, -0.15) is 5.10 Å². The third-order valence-corrected chi connectivity index (χ3v) is 4.53. The summed E-state index contributed by atoms with van der Waals surface area (Å²) in [7, 11) is 0. The molecule has 0 saturated heterocycles. The molecular formula is C18H20N6O2S. The van der Waals surface area contributed by atoms with Gasteiger partial charge in [0.2, 0.25) is 16.9 Å². The van der Waals surface area contributed by atoms with Gasteiger partial charge in [-0.15, -0.1) is 10.2 Å². The van der Waals surface area contributed by atoms with Gasteiger partial charge >= 0.3 is 0 Å². The highest BCUT2D eigenvalue weighted by atomic mass is 32.1. The molecule has 3 N–H and O–H groups in total. The van der Waals surface area contributed by atoms with E-state index in [1.807, 2.05) is 51.2 Å². The number of fused-ring (bicyclic) bond motifs is 1. The fraction of sp³-hybridized carbons (Fsp3) is 0.278. The normalized spacial score (nSPS) is 11.8. The number of nitrogens with zero attached hydrogens (tertiary/aromatic N) is 3. The quantitative estimate of drug-likeness (QED) is 0.464. The molecule has 140 valence electrons. The molecule has 0 spiro atoms. The Morgan fingerprint density at radius 1 is 1.26 bits per heavy atom. The molecule has 3 aromatic rings. The number of hydrazone groups is 1. The third-order valence-electron chi connectivity index (χ3n) is 3.69. The molecule has 0 bridgehead atoms. The van der Waals surface area contributed by atoms with Gasteiger partial charge in [0.15, 0.2) is 0 Å². The molecule has 0 saturated carbocycles. The smallest absolute Gasteiger partial charge is 0.247 e. The van der Waals surface area contributed by atoms with Crippen molar-refractivity contribution in [3.05, 3.63) is 41.0 Å². The molecule has 1 aromatic carbocycles. The predicted molar refractivity (Wildman–Crippen MR) is 106 cm³/mol. The molecule has 0 fully saturated rings. The number of para-hydroxylation sites is 1. The average Bonchev–Trinajstić information content (AvgIpc) is 3.21. The summed E-state index contributed by atoms with van der Waals surface area (Å²) in [6, 6.07) is 7.83. The van der Waals surface area contributed by atoms with Crippen molar-refractivity contribution in [3.63, 3.8) is 0 Å². The van der Waals surface area contributed by atoms with Gasteiger partial charge in [0, 0.05) is 28.1 Å². The molecule has 0 radical (unpaired) electrons. The van der Waals surface area contributed by atoms with Gasteiger partial charge in [-0.1, -0.05) is 50.3 Å². The lowest BCUT2D eigenvalue weighted by Gasteiger charge is -2.15. The van der Waals surface area contributed by atoms with Crippen LogP contribution in [0.3, 0.4) is 0 Å². The van der Waals surface area contributed by atoms with Crippen molar-refractivity contribution in [3.8, 4) is 0 Å². The Morgan fingerprint density at radius 3 is 2.81 bits per heavy atom. The highest BCUT2D eigenvalue weighted by molar-refractivity contribution is 7.15. The van der Waals surface area contributed by atoms with Crippen LogP contribution >= 0.6 is 11.3 Å². The van der Waals surface area contributed by atoms with Crippen LogP contribution in [0.1, 0.15) is 31.3 Å². The SMILES string of the molecule is CC(C)(C)C(=O)Nc1nnc(CC(=O)N/N=C/c2c[nH]c3ccccc23)s1. The van der Waals surface area contributed by atoms with E-state index < -0.39 is 5.41 Å². The van der Waals surface area contributed by atoms with E-state index in [4.69, 9.17) is 0 Å². The van der Waals surface area contributed by atoms with Gasteiger partial charge in [-0.05, 0) is 6.07 Å². The molecule has 8 nitrogen and oxygen atoms in total. The van der Waals surface area contributed by atoms with Crippen LogP contribution in [0.4, 0.5) is 5.13 Å². The first-order valence-electron chi connectivity index (χ1n) is 8.35. The molecule has 2 aromatic heterocycles. The van der Waals surface area contributed by atoms with Crippen molar-refractivity contribution in [1.29, 1.82) is 0 Å². The molecule has 27 heavy (non-hydrogen) atoms. The Hall–Kier alpha value is -3.07. The number of carbonyl (C=O) groups excluding carboxylic acids is 2. The predicted octanol–water partition coefficient (Wildman–Crippen LogP) is 2.70. The Bertz CT molecular complexity index is 999. The zero-order valence-corrected chi connectivity index (χ0v) is 16.1. The second kappa shape index (κ2) is 7.67. The monoisotopic (exact) mass is 384 g/mol. The van der Waals surface area contributed by atoms with Crippen molar-refractivity contribution in [2.24, 2.45) is 10.5 Å². The number of hydrogen-bond acceptors (Lipinski definition) is 6. The Morgan fingerprint density at radius 2 is 2.04 bits per heavy atom. The summed E-state index contributed by atoms with van der Waals surface area (Å²) in [6.07, 6.45) is 3.45. The minimum absolute atomic E-state index is 0.0360. The molecule has 0 unspecified atom stereocenters. The maximum absolute atomic E-state index is 12.0. The van der Waals surface area contributed by atoms with E-state index in [0.717, 1.165) is 16.5 Å². The Labute approximate surface area is 160 Å². The van der Waals surface area contributed by atoms with E-state index in [-0.39, 0.29) is 18.2 Å². The van der Waals surface area contributed by atoms with Gasteiger partial charge < -0.3 is 10.3 Å². The number of hydrogen-bond donors (Lipinski definition) is 3. The molecule has 2 amide bonds. The highest BCUT2D eigenvalue weighted by Gasteiger charge is 2.22. The zero-order valence-electron chi connectivity index (χ0n) is 15.2. The van der Waals surface area contributed by atoms with Crippen LogP contribution in [-0.2, 0) is 16.0 Å². The summed E-state index contributed by atoms with van der Waals surface area (Å²) in [5.74, 6) is -0.464. The summed E-state index contributed by atoms with van der Waals surface area (Å²) in [6.45, 7) is 5.43. The highest BCUT2D eigenvalue weighted by Crippen LogP contribution is 2.20. The number of anilines is 1. The van der Waals surface area contributed by atoms with Crippen LogP contribution in [0, 0.1) is 5.41 Å². The van der Waals surface area contributed by atoms with Crippen LogP contribution in [0.5, 0.6) is 0 Å². The number of amides is 2. The van der Waals surface area contributed by atoms with E-state index in [2.05, 4.69) is 31.0 Å². The summed E-state index contributed by atoms with van der Waals surface area (Å²) in [5, 5.41) is 16.4. The van der Waals surface area contributed by atoms with Crippen molar-refractivity contribution in [2.45, 2.75) is 27.2 Å². The van der Waals surface area contributed by atoms with E-state index >= 15 is 0 Å². The van der Waals surface area contributed by atoms with Crippen LogP contribution in [0.25, 0.3) is 10.9 Å². The lowest BCUT2D eigenvalue weighted by atomic mass is 9.96. The number of H-pyrrole nitrogens is 1. The fourth-order valence-corrected chi connectivity index (χ4v) is 2.95. The van der Waals surface area contributed by atoms with Crippen LogP contribution in [-0.4, -0.2) is 33.2 Å². The Kier molecular flexibility index (Phi) is 5.31. The molecule has 0 aliphatic heterocycles. The second-order valence-electron chi connectivity index (χ2n) is 6.96. The standard InChI is InChI=1S/C18H20N6O2S/c1-18(2,3)16(26)21-17-24-23-15(27-17)8-14(25)22-20-10-11-9-19-13-7-5-4-6-12(11)13/h4-7,9-10,19H,8H2,1-3H3,(H,22,25)(H,21,24,26)/b20-10+. The minimum Gasteiger partial charge on any atom is -0.361 e. The van der Waals surface area contributed by atoms with Gasteiger partial charge in [0.05, 0.1) is 12.6 Å². The fourth-order valence-electron chi connectivity index (χ4n) is 2.21. The van der Waals surface area contributed by atoms with Crippen molar-refractivity contribution in [1.82, 2.24) is 20.6 Å². The van der Waals surface area contributed by atoms with Gasteiger partial charge in [0.25, 0.3) is 0 Å². The second-order valence-corrected chi connectivity index (χ2v) is 8.03. The summed E-state index contributed by atoms with van der Waals surface area (Å²) < 4.78 is 0. The lowest BCUT2D eigenvalue weighted by Crippen LogP contribution is -2.27. The minimum atomic E-state index is -0.527. The molecule has 0 aliphatic carbocycles. The molecular weight excluding hydrogens is 364 g/mol. The van der Waals surface area contributed by atoms with Crippen molar-refractivity contribution in [2.75, 3.05) is 5.32 Å². The number of nitrogens with one attached hydrogen (secondary N) is 3. The number of benzene rings is 1. The van der Waals surface area contributed by atoms with Crippen LogP contribution in [0.2, 0.25) is 0 Å². The van der Waals surface area contributed by atoms with Gasteiger partial charge in [-0.25, -0.2) is 5.43 Å². The first kappa shape index (κ1) is 18.7. The number of rotatable bonds is 5. The molecule has 2 heterocycles. The first-order valence-corrected chi connectivity index (χ1v) is 9.16. The maximum Gasteiger partial charge on any atom is 0.247 e. The maximum atomic E-state index is 12.0. The largest absolute Gasteiger partial charge is 0.361 e. The van der Waals surface area contributed by atoms with Gasteiger partial charge in [0.1, 0.15) is 5.01 Å². The lowest BCUT2D eigenvalue weighted by molar-refractivity contribution is -0.123. The van der Waals surface area contributed by atoms with E-state index in [9.17, 15) is 9.59 Å². The number of aromatic nitrogens is 3. The van der Waals surface area contributed by atoms with Crippen molar-refractivity contribution < 1.29 is 9.59 Å².